The van der Waals surface area contributed by atoms with E-state index >= 15 is 0 Å². The molecule has 2 heterocycles. The predicted octanol–water partition coefficient (Wildman–Crippen LogP) is 1.51. The lowest BCUT2D eigenvalue weighted by Gasteiger charge is -2.41. The van der Waals surface area contributed by atoms with Crippen molar-refractivity contribution in [3.63, 3.8) is 0 Å². The summed E-state index contributed by atoms with van der Waals surface area (Å²) in [5, 5.41) is 6.42. The van der Waals surface area contributed by atoms with Gasteiger partial charge in [-0.05, 0) is 45.0 Å². The van der Waals surface area contributed by atoms with Crippen molar-refractivity contribution < 1.29 is 4.79 Å². The summed E-state index contributed by atoms with van der Waals surface area (Å²) in [6.45, 7) is 3.87. The van der Waals surface area contributed by atoms with E-state index in [9.17, 15) is 4.79 Å². The number of benzene rings is 1. The highest BCUT2D eigenvalue weighted by atomic mass is 35.5. The van der Waals surface area contributed by atoms with E-state index in [1.807, 2.05) is 18.2 Å². The van der Waals surface area contributed by atoms with E-state index in [1.165, 1.54) is 0 Å². The smallest absolute Gasteiger partial charge is 0.247 e. The van der Waals surface area contributed by atoms with Crippen LogP contribution < -0.4 is 15.5 Å². The summed E-state index contributed by atoms with van der Waals surface area (Å²) in [7, 11) is 0. The number of carbonyl (C=O) groups is 1. The molecule has 2 aliphatic heterocycles. The zero-order valence-corrected chi connectivity index (χ0v) is 11.9. The number of para-hydroxylation sites is 1. The molecule has 3 rings (SSSR count). The lowest BCUT2D eigenvalue weighted by molar-refractivity contribution is -0.124. The monoisotopic (exact) mass is 281 g/mol. The number of hydrogen-bond acceptors (Lipinski definition) is 3. The van der Waals surface area contributed by atoms with Crippen LogP contribution in [-0.4, -0.2) is 30.7 Å². The fourth-order valence-corrected chi connectivity index (χ4v) is 3.24. The first-order valence-corrected chi connectivity index (χ1v) is 6.60. The van der Waals surface area contributed by atoms with Crippen LogP contribution in [0, 0.1) is 0 Å². The second kappa shape index (κ2) is 5.39. The number of nitrogens with zero attached hydrogens (tertiary/aromatic N) is 1. The fourth-order valence-electron chi connectivity index (χ4n) is 3.24. The molecule has 0 saturated carbocycles. The first-order valence-electron chi connectivity index (χ1n) is 6.60. The Hall–Kier alpha value is -1.26. The summed E-state index contributed by atoms with van der Waals surface area (Å²) >= 11 is 0. The average molecular weight is 282 g/mol. The molecule has 0 aliphatic carbocycles. The largest absolute Gasteiger partial charge is 0.337 e. The molecule has 4 nitrogen and oxygen atoms in total. The molecule has 2 N–H and O–H groups in total. The van der Waals surface area contributed by atoms with Gasteiger partial charge in [-0.15, -0.1) is 12.4 Å². The van der Waals surface area contributed by atoms with Crippen molar-refractivity contribution >= 4 is 24.0 Å². The third-order valence-electron chi connectivity index (χ3n) is 4.08. The van der Waals surface area contributed by atoms with Gasteiger partial charge in [0, 0.05) is 5.69 Å². The highest BCUT2D eigenvalue weighted by Crippen LogP contribution is 2.36. The molecule has 0 aromatic heterocycles. The minimum absolute atomic E-state index is 0. The second-order valence-electron chi connectivity index (χ2n) is 5.14. The maximum Gasteiger partial charge on any atom is 0.247 e. The van der Waals surface area contributed by atoms with Crippen LogP contribution in [0.3, 0.4) is 0 Å². The first-order chi connectivity index (χ1) is 8.74. The van der Waals surface area contributed by atoms with Crippen LogP contribution in [0.1, 0.15) is 19.8 Å². The Morgan fingerprint density at radius 1 is 1.21 bits per heavy atom. The van der Waals surface area contributed by atoms with Gasteiger partial charge < -0.3 is 15.5 Å². The maximum atomic E-state index is 12.4. The quantitative estimate of drug-likeness (QED) is 0.820. The molecule has 1 aromatic carbocycles. The molecular weight excluding hydrogens is 262 g/mol. The van der Waals surface area contributed by atoms with Gasteiger partial charge in [0.05, 0.1) is 6.17 Å². The van der Waals surface area contributed by atoms with Gasteiger partial charge in [0.1, 0.15) is 5.54 Å². The summed E-state index contributed by atoms with van der Waals surface area (Å²) in [5.41, 5.74) is 0.775. The molecule has 2 fully saturated rings. The Kier molecular flexibility index (Phi) is 4.02. The Bertz CT molecular complexity index is 445. The zero-order chi connectivity index (χ0) is 12.6. The number of carbonyl (C=O) groups excluding carboxylic acids is 1. The van der Waals surface area contributed by atoms with Crippen LogP contribution in [0.4, 0.5) is 5.69 Å². The minimum atomic E-state index is -0.355. The van der Waals surface area contributed by atoms with Crippen LogP contribution in [-0.2, 0) is 4.79 Å². The Balaban J connectivity index is 0.00000133. The number of amides is 1. The summed E-state index contributed by atoms with van der Waals surface area (Å²) < 4.78 is 0. The molecule has 0 radical (unpaired) electrons. The van der Waals surface area contributed by atoms with Crippen LogP contribution in [0.2, 0.25) is 0 Å². The number of rotatable bonds is 1. The van der Waals surface area contributed by atoms with E-state index in [0.717, 1.165) is 31.6 Å². The van der Waals surface area contributed by atoms with E-state index in [1.54, 1.807) is 0 Å². The van der Waals surface area contributed by atoms with Gasteiger partial charge in [0.2, 0.25) is 5.91 Å². The molecule has 104 valence electrons. The average Bonchev–Trinajstić information content (AvgIpc) is 2.63. The molecule has 1 aromatic rings. The second-order valence-corrected chi connectivity index (χ2v) is 5.14. The topological polar surface area (TPSA) is 44.4 Å². The predicted molar refractivity (Wildman–Crippen MR) is 78.6 cm³/mol. The summed E-state index contributed by atoms with van der Waals surface area (Å²) in [6.07, 6.45) is 1.81. The highest BCUT2D eigenvalue weighted by Gasteiger charge is 2.52. The van der Waals surface area contributed by atoms with Gasteiger partial charge in [-0.2, -0.15) is 0 Å². The van der Waals surface area contributed by atoms with Gasteiger partial charge in [-0.3, -0.25) is 4.79 Å². The van der Waals surface area contributed by atoms with E-state index in [4.69, 9.17) is 0 Å². The van der Waals surface area contributed by atoms with Crippen molar-refractivity contribution in [2.24, 2.45) is 0 Å². The van der Waals surface area contributed by atoms with Crippen LogP contribution >= 0.6 is 12.4 Å². The molecule has 1 atom stereocenters. The minimum Gasteiger partial charge on any atom is -0.337 e. The van der Waals surface area contributed by atoms with E-state index in [2.05, 4.69) is 34.6 Å². The van der Waals surface area contributed by atoms with Crippen molar-refractivity contribution in [2.45, 2.75) is 31.5 Å². The standard InChI is InChI=1S/C14H19N3O.ClH/c1-11-16-13(18)14(7-9-15-10-8-14)17(11)12-5-3-2-4-6-12;/h2-6,11,15H,7-10H2,1H3,(H,16,18);1H. The number of hydrogen-bond donors (Lipinski definition) is 2. The molecule has 1 spiro atoms. The lowest BCUT2D eigenvalue weighted by Crippen LogP contribution is -2.56. The van der Waals surface area contributed by atoms with Gasteiger partial charge in [0.15, 0.2) is 0 Å². The Morgan fingerprint density at radius 2 is 1.84 bits per heavy atom. The third kappa shape index (κ3) is 2.19. The van der Waals surface area contributed by atoms with Crippen molar-refractivity contribution in [1.82, 2.24) is 10.6 Å². The molecule has 19 heavy (non-hydrogen) atoms. The molecule has 1 unspecified atom stereocenters. The molecule has 2 saturated heterocycles. The molecule has 5 heteroatoms. The maximum absolute atomic E-state index is 12.4. The first kappa shape index (κ1) is 14.2. The summed E-state index contributed by atoms with van der Waals surface area (Å²) in [5.74, 6) is 0.181. The highest BCUT2D eigenvalue weighted by molar-refractivity contribution is 5.94. The fraction of sp³-hybridized carbons (Fsp3) is 0.500. The van der Waals surface area contributed by atoms with E-state index in [0.29, 0.717) is 0 Å². The van der Waals surface area contributed by atoms with Crippen LogP contribution in [0.5, 0.6) is 0 Å². The van der Waals surface area contributed by atoms with Gasteiger partial charge in [-0.25, -0.2) is 0 Å². The van der Waals surface area contributed by atoms with Gasteiger partial charge in [-0.1, -0.05) is 18.2 Å². The van der Waals surface area contributed by atoms with Crippen molar-refractivity contribution in [1.29, 1.82) is 0 Å². The Labute approximate surface area is 120 Å². The number of piperidine rings is 1. The van der Waals surface area contributed by atoms with Crippen molar-refractivity contribution in [2.75, 3.05) is 18.0 Å². The lowest BCUT2D eigenvalue weighted by atomic mass is 9.86. The SMILES string of the molecule is CC1NC(=O)C2(CCNCC2)N1c1ccccc1.Cl. The van der Waals surface area contributed by atoms with Crippen molar-refractivity contribution in [3.8, 4) is 0 Å². The molecule has 1 amide bonds. The summed E-state index contributed by atoms with van der Waals surface area (Å²) in [4.78, 5) is 14.6. The molecule has 0 bridgehead atoms. The van der Waals surface area contributed by atoms with Gasteiger partial charge in [0.25, 0.3) is 0 Å². The zero-order valence-electron chi connectivity index (χ0n) is 11.1. The van der Waals surface area contributed by atoms with Crippen LogP contribution in [0.15, 0.2) is 30.3 Å². The third-order valence-corrected chi connectivity index (χ3v) is 4.08. The van der Waals surface area contributed by atoms with Gasteiger partial charge >= 0.3 is 0 Å². The van der Waals surface area contributed by atoms with Crippen molar-refractivity contribution in [3.05, 3.63) is 30.3 Å². The number of anilines is 1. The van der Waals surface area contributed by atoms with Crippen LogP contribution in [0.25, 0.3) is 0 Å². The summed E-state index contributed by atoms with van der Waals surface area (Å²) in [6, 6.07) is 10.2. The normalized spacial score (nSPS) is 25.0. The molecular formula is C14H20ClN3O. The van der Waals surface area contributed by atoms with E-state index in [-0.39, 0.29) is 30.0 Å². The number of nitrogens with one attached hydrogen (secondary N) is 2. The Morgan fingerprint density at radius 3 is 2.47 bits per heavy atom. The molecule has 2 aliphatic rings. The van der Waals surface area contributed by atoms with E-state index < -0.39 is 0 Å². The number of halogens is 1.